The van der Waals surface area contributed by atoms with Crippen LogP contribution in [0, 0.1) is 9.49 Å². The third-order valence-corrected chi connectivity index (χ3v) is 3.48. The summed E-state index contributed by atoms with van der Waals surface area (Å²) in [5.41, 5.74) is 0. The predicted octanol–water partition coefficient (Wildman–Crippen LogP) is 2.01. The van der Waals surface area contributed by atoms with Gasteiger partial charge in [0.1, 0.15) is 6.10 Å². The molecule has 1 aromatic heterocycles. The molecule has 0 aromatic carbocycles. The first-order valence-corrected chi connectivity index (χ1v) is 6.61. The van der Waals surface area contributed by atoms with E-state index in [0.29, 0.717) is 18.5 Å². The zero-order valence-corrected chi connectivity index (χ0v) is 11.1. The zero-order valence-electron chi connectivity index (χ0n) is 8.97. The fourth-order valence-electron chi connectivity index (χ4n) is 1.94. The van der Waals surface area contributed by atoms with Gasteiger partial charge in [0.05, 0.1) is 0 Å². The minimum atomic E-state index is 0.211. The van der Waals surface area contributed by atoms with Crippen LogP contribution >= 0.6 is 22.6 Å². The molecule has 0 aliphatic heterocycles. The van der Waals surface area contributed by atoms with Gasteiger partial charge in [-0.15, -0.1) is 0 Å². The first-order valence-electron chi connectivity index (χ1n) is 5.53. The highest BCUT2D eigenvalue weighted by atomic mass is 127. The minimum absolute atomic E-state index is 0.211. The summed E-state index contributed by atoms with van der Waals surface area (Å²) in [5.74, 6) is 0.456. The van der Waals surface area contributed by atoms with E-state index in [4.69, 9.17) is 9.84 Å². The number of nitrogens with zero attached hydrogens (tertiary/aromatic N) is 2. The lowest BCUT2D eigenvalue weighted by Crippen LogP contribution is -2.26. The lowest BCUT2D eigenvalue weighted by molar-refractivity contribution is 0.0965. The molecule has 16 heavy (non-hydrogen) atoms. The Morgan fingerprint density at radius 3 is 2.44 bits per heavy atom. The molecule has 0 spiro atoms. The van der Waals surface area contributed by atoms with Gasteiger partial charge in [-0.05, 0) is 54.2 Å². The maximum Gasteiger partial charge on any atom is 0.316 e. The average molecular weight is 334 g/mol. The van der Waals surface area contributed by atoms with Crippen LogP contribution in [0.25, 0.3) is 0 Å². The maximum atomic E-state index is 9.03. The van der Waals surface area contributed by atoms with Crippen LogP contribution in [0.15, 0.2) is 12.4 Å². The molecule has 1 N–H and O–H groups in total. The van der Waals surface area contributed by atoms with E-state index in [0.717, 1.165) is 29.3 Å². The van der Waals surface area contributed by atoms with Crippen LogP contribution in [-0.2, 0) is 0 Å². The van der Waals surface area contributed by atoms with Crippen molar-refractivity contribution in [2.24, 2.45) is 5.92 Å². The Morgan fingerprint density at radius 2 is 1.88 bits per heavy atom. The minimum Gasteiger partial charge on any atom is -0.460 e. The molecule has 5 heteroatoms. The van der Waals surface area contributed by atoms with E-state index in [1.165, 1.54) is 0 Å². The molecule has 0 unspecified atom stereocenters. The Hall–Kier alpha value is -0.430. The third kappa shape index (κ3) is 3.28. The van der Waals surface area contributed by atoms with Gasteiger partial charge in [-0.1, -0.05) is 0 Å². The van der Waals surface area contributed by atoms with Crippen LogP contribution in [0.5, 0.6) is 6.01 Å². The van der Waals surface area contributed by atoms with Crippen molar-refractivity contribution in [2.45, 2.75) is 31.8 Å². The van der Waals surface area contributed by atoms with Crippen molar-refractivity contribution >= 4 is 22.6 Å². The quantitative estimate of drug-likeness (QED) is 0.860. The van der Waals surface area contributed by atoms with Crippen LogP contribution in [-0.4, -0.2) is 27.8 Å². The first kappa shape index (κ1) is 12.0. The summed E-state index contributed by atoms with van der Waals surface area (Å²) in [6, 6.07) is 0.466. The molecule has 0 amide bonds. The number of aliphatic hydroxyl groups excluding tert-OH is 1. The van der Waals surface area contributed by atoms with Crippen molar-refractivity contribution in [1.29, 1.82) is 0 Å². The lowest BCUT2D eigenvalue weighted by Gasteiger charge is -2.26. The summed E-state index contributed by atoms with van der Waals surface area (Å²) >= 11 is 2.17. The summed E-state index contributed by atoms with van der Waals surface area (Å²) in [5, 5.41) is 9.03. The standard InChI is InChI=1S/C11H15IN2O2/c12-9-5-13-11(14-6-9)16-10-3-1-8(7-15)2-4-10/h5-6,8,10,15H,1-4,7H2. The molecule has 1 heterocycles. The van der Waals surface area contributed by atoms with Gasteiger partial charge < -0.3 is 9.84 Å². The molecule has 1 fully saturated rings. The van der Waals surface area contributed by atoms with Crippen molar-refractivity contribution in [2.75, 3.05) is 6.61 Å². The fraction of sp³-hybridized carbons (Fsp3) is 0.636. The molecule has 1 aromatic rings. The van der Waals surface area contributed by atoms with Crippen molar-refractivity contribution in [1.82, 2.24) is 9.97 Å². The molecule has 1 aliphatic rings. The second-order valence-corrected chi connectivity index (χ2v) is 5.37. The summed E-state index contributed by atoms with van der Waals surface area (Å²) in [6.07, 6.45) is 7.76. The number of aliphatic hydroxyl groups is 1. The first-order chi connectivity index (χ1) is 7.78. The normalized spacial score (nSPS) is 25.4. The van der Waals surface area contributed by atoms with Gasteiger partial charge in [-0.2, -0.15) is 0 Å². The zero-order chi connectivity index (χ0) is 11.4. The fourth-order valence-corrected chi connectivity index (χ4v) is 2.22. The van der Waals surface area contributed by atoms with E-state index in [-0.39, 0.29) is 6.10 Å². The third-order valence-electron chi connectivity index (χ3n) is 2.92. The largest absolute Gasteiger partial charge is 0.460 e. The number of halogens is 1. The van der Waals surface area contributed by atoms with Crippen LogP contribution < -0.4 is 4.74 Å². The molecule has 0 saturated heterocycles. The smallest absolute Gasteiger partial charge is 0.316 e. The van der Waals surface area contributed by atoms with Gasteiger partial charge in [-0.25, -0.2) is 9.97 Å². The molecule has 2 rings (SSSR count). The summed E-state index contributed by atoms with van der Waals surface area (Å²) in [4.78, 5) is 8.24. The molecular weight excluding hydrogens is 319 g/mol. The van der Waals surface area contributed by atoms with Crippen molar-refractivity contribution < 1.29 is 9.84 Å². The number of hydrogen-bond donors (Lipinski definition) is 1. The van der Waals surface area contributed by atoms with Crippen LogP contribution in [0.3, 0.4) is 0 Å². The van der Waals surface area contributed by atoms with E-state index in [1.807, 2.05) is 0 Å². The number of ether oxygens (including phenoxy) is 1. The highest BCUT2D eigenvalue weighted by molar-refractivity contribution is 14.1. The second-order valence-electron chi connectivity index (χ2n) is 4.13. The van der Waals surface area contributed by atoms with Gasteiger partial charge in [0, 0.05) is 22.6 Å². The van der Waals surface area contributed by atoms with Crippen molar-refractivity contribution in [3.63, 3.8) is 0 Å². The lowest BCUT2D eigenvalue weighted by atomic mass is 9.88. The molecule has 0 bridgehead atoms. The van der Waals surface area contributed by atoms with Gasteiger partial charge in [0.25, 0.3) is 0 Å². The maximum absolute atomic E-state index is 9.03. The van der Waals surface area contributed by atoms with Crippen molar-refractivity contribution in [3.8, 4) is 6.01 Å². The molecule has 4 nitrogen and oxygen atoms in total. The molecule has 0 atom stereocenters. The van der Waals surface area contributed by atoms with E-state index < -0.39 is 0 Å². The average Bonchev–Trinajstić information content (AvgIpc) is 2.33. The highest BCUT2D eigenvalue weighted by Crippen LogP contribution is 2.26. The molecule has 1 aliphatic carbocycles. The Balaban J connectivity index is 1.84. The second kappa shape index (κ2) is 5.77. The summed E-state index contributed by atoms with van der Waals surface area (Å²) in [6.45, 7) is 0.298. The van der Waals surface area contributed by atoms with Gasteiger partial charge in [-0.3, -0.25) is 0 Å². The van der Waals surface area contributed by atoms with Crippen LogP contribution in [0.1, 0.15) is 25.7 Å². The van der Waals surface area contributed by atoms with Gasteiger partial charge in [0.2, 0.25) is 0 Å². The van der Waals surface area contributed by atoms with Crippen LogP contribution in [0.2, 0.25) is 0 Å². The molecular formula is C11H15IN2O2. The summed E-state index contributed by atoms with van der Waals surface area (Å²) in [7, 11) is 0. The monoisotopic (exact) mass is 334 g/mol. The molecule has 1 saturated carbocycles. The Labute approximate surface area is 109 Å². The van der Waals surface area contributed by atoms with Gasteiger partial charge >= 0.3 is 6.01 Å². The topological polar surface area (TPSA) is 55.2 Å². The number of hydrogen-bond acceptors (Lipinski definition) is 4. The Morgan fingerprint density at radius 1 is 1.25 bits per heavy atom. The van der Waals surface area contributed by atoms with Crippen molar-refractivity contribution in [3.05, 3.63) is 16.0 Å². The van der Waals surface area contributed by atoms with E-state index in [2.05, 4.69) is 32.6 Å². The molecule has 0 radical (unpaired) electrons. The SMILES string of the molecule is OCC1CCC(Oc2ncc(I)cn2)CC1. The highest BCUT2D eigenvalue weighted by Gasteiger charge is 2.22. The Bertz CT molecular complexity index is 323. The van der Waals surface area contributed by atoms with E-state index in [1.54, 1.807) is 12.4 Å². The predicted molar refractivity (Wildman–Crippen MR) is 68.2 cm³/mol. The van der Waals surface area contributed by atoms with E-state index in [9.17, 15) is 0 Å². The summed E-state index contributed by atoms with van der Waals surface area (Å²) < 4.78 is 6.70. The van der Waals surface area contributed by atoms with Gasteiger partial charge in [0.15, 0.2) is 0 Å². The number of aromatic nitrogens is 2. The number of rotatable bonds is 3. The van der Waals surface area contributed by atoms with E-state index >= 15 is 0 Å². The Kier molecular flexibility index (Phi) is 4.34. The molecule has 88 valence electrons. The van der Waals surface area contributed by atoms with Crippen LogP contribution in [0.4, 0.5) is 0 Å².